The second kappa shape index (κ2) is 8.63. The van der Waals surface area contributed by atoms with E-state index in [-0.39, 0.29) is 11.8 Å². The lowest BCUT2D eigenvalue weighted by Gasteiger charge is -2.19. The summed E-state index contributed by atoms with van der Waals surface area (Å²) in [6.45, 7) is 5.70. The number of fused-ring (bicyclic) bond motifs is 1. The number of carbonyl (C=O) groups is 3. The SMILES string of the molecule is CN(C)C(=O)n1cc(C(=O)c2ccc(CNC(=O)OC(C)(C)C)cc2)c2ccccc21. The van der Waals surface area contributed by atoms with Gasteiger partial charge in [0, 0.05) is 43.4 Å². The molecule has 7 nitrogen and oxygen atoms in total. The number of alkyl carbamates (subject to hydrolysis) is 1. The first-order valence-electron chi connectivity index (χ1n) is 9.99. The number of hydrogen-bond donors (Lipinski definition) is 1. The summed E-state index contributed by atoms with van der Waals surface area (Å²) in [4.78, 5) is 39.0. The van der Waals surface area contributed by atoms with Gasteiger partial charge in [0.1, 0.15) is 5.60 Å². The van der Waals surface area contributed by atoms with Crippen LogP contribution >= 0.6 is 0 Å². The number of benzene rings is 2. The molecular weight excluding hydrogens is 394 g/mol. The minimum absolute atomic E-state index is 0.173. The van der Waals surface area contributed by atoms with E-state index >= 15 is 0 Å². The molecule has 1 N–H and O–H groups in total. The van der Waals surface area contributed by atoms with E-state index in [9.17, 15) is 14.4 Å². The normalized spacial score (nSPS) is 11.3. The fourth-order valence-corrected chi connectivity index (χ4v) is 3.15. The van der Waals surface area contributed by atoms with Gasteiger partial charge in [-0.2, -0.15) is 0 Å². The molecule has 0 unspecified atom stereocenters. The average Bonchev–Trinajstić information content (AvgIpc) is 3.10. The number of hydrogen-bond acceptors (Lipinski definition) is 4. The van der Waals surface area contributed by atoms with Gasteiger partial charge in [-0.1, -0.05) is 42.5 Å². The van der Waals surface area contributed by atoms with Crippen molar-refractivity contribution in [3.63, 3.8) is 0 Å². The molecular formula is C24H27N3O4. The fraction of sp³-hybridized carbons (Fsp3) is 0.292. The molecule has 2 amide bonds. The van der Waals surface area contributed by atoms with Gasteiger partial charge in [-0.05, 0) is 32.4 Å². The van der Waals surface area contributed by atoms with Crippen molar-refractivity contribution in [3.05, 3.63) is 71.4 Å². The lowest BCUT2D eigenvalue weighted by Crippen LogP contribution is -2.32. The molecule has 0 atom stereocenters. The molecule has 3 aromatic rings. The Labute approximate surface area is 181 Å². The van der Waals surface area contributed by atoms with Gasteiger partial charge < -0.3 is 15.0 Å². The molecule has 0 saturated carbocycles. The van der Waals surface area contributed by atoms with Gasteiger partial charge in [0.15, 0.2) is 5.78 Å². The monoisotopic (exact) mass is 421 g/mol. The molecule has 7 heteroatoms. The highest BCUT2D eigenvalue weighted by atomic mass is 16.6. The van der Waals surface area contributed by atoms with Crippen molar-refractivity contribution >= 4 is 28.8 Å². The van der Waals surface area contributed by atoms with Crippen LogP contribution < -0.4 is 5.32 Å². The highest BCUT2D eigenvalue weighted by Gasteiger charge is 2.20. The second-order valence-electron chi connectivity index (χ2n) is 8.49. The van der Waals surface area contributed by atoms with Gasteiger partial charge in [-0.25, -0.2) is 9.59 Å². The maximum Gasteiger partial charge on any atom is 0.407 e. The Morgan fingerprint density at radius 3 is 2.26 bits per heavy atom. The van der Waals surface area contributed by atoms with E-state index in [1.165, 1.54) is 9.47 Å². The number of amides is 2. The van der Waals surface area contributed by atoms with Gasteiger partial charge >= 0.3 is 12.1 Å². The third-order valence-corrected chi connectivity index (χ3v) is 4.60. The number of nitrogens with zero attached hydrogens (tertiary/aromatic N) is 2. The van der Waals surface area contributed by atoms with Crippen molar-refractivity contribution in [2.75, 3.05) is 14.1 Å². The van der Waals surface area contributed by atoms with E-state index in [1.807, 2.05) is 24.3 Å². The lowest BCUT2D eigenvalue weighted by atomic mass is 10.0. The molecule has 162 valence electrons. The number of ether oxygens (including phenoxy) is 1. The summed E-state index contributed by atoms with van der Waals surface area (Å²) in [7, 11) is 3.34. The van der Waals surface area contributed by atoms with Crippen molar-refractivity contribution < 1.29 is 19.1 Å². The molecule has 1 heterocycles. The lowest BCUT2D eigenvalue weighted by molar-refractivity contribution is 0.0523. The van der Waals surface area contributed by atoms with Crippen molar-refractivity contribution in [2.45, 2.75) is 32.9 Å². The topological polar surface area (TPSA) is 80.6 Å². The summed E-state index contributed by atoms with van der Waals surface area (Å²) in [5.74, 6) is -0.173. The molecule has 1 aromatic heterocycles. The van der Waals surface area contributed by atoms with E-state index < -0.39 is 11.7 Å². The Morgan fingerprint density at radius 2 is 1.65 bits per heavy atom. The maximum absolute atomic E-state index is 13.2. The van der Waals surface area contributed by atoms with Crippen molar-refractivity contribution in [3.8, 4) is 0 Å². The van der Waals surface area contributed by atoms with E-state index in [4.69, 9.17) is 4.74 Å². The zero-order chi connectivity index (χ0) is 22.8. The number of nitrogens with one attached hydrogen (secondary N) is 1. The summed E-state index contributed by atoms with van der Waals surface area (Å²) >= 11 is 0. The molecule has 0 bridgehead atoms. The van der Waals surface area contributed by atoms with Crippen LogP contribution in [0, 0.1) is 0 Å². The molecule has 3 rings (SSSR count). The molecule has 0 radical (unpaired) electrons. The average molecular weight is 421 g/mol. The van der Waals surface area contributed by atoms with E-state index in [2.05, 4.69) is 5.32 Å². The Morgan fingerprint density at radius 1 is 1.00 bits per heavy atom. The summed E-state index contributed by atoms with van der Waals surface area (Å²) in [5, 5.41) is 3.42. The molecule has 31 heavy (non-hydrogen) atoms. The van der Waals surface area contributed by atoms with Crippen LogP contribution in [0.1, 0.15) is 42.3 Å². The van der Waals surface area contributed by atoms with Crippen molar-refractivity contribution in [2.24, 2.45) is 0 Å². The van der Waals surface area contributed by atoms with Gasteiger partial charge in [0.25, 0.3) is 0 Å². The van der Waals surface area contributed by atoms with Crippen LogP contribution in [0.3, 0.4) is 0 Å². The van der Waals surface area contributed by atoms with Crippen LogP contribution in [-0.2, 0) is 11.3 Å². The maximum atomic E-state index is 13.2. The van der Waals surface area contributed by atoms with E-state index in [0.29, 0.717) is 23.2 Å². The largest absolute Gasteiger partial charge is 0.444 e. The Kier molecular flexibility index (Phi) is 6.15. The predicted molar refractivity (Wildman–Crippen MR) is 119 cm³/mol. The zero-order valence-electron chi connectivity index (χ0n) is 18.4. The van der Waals surface area contributed by atoms with Gasteiger partial charge in [0.05, 0.1) is 5.52 Å². The zero-order valence-corrected chi connectivity index (χ0v) is 18.4. The molecule has 0 aliphatic carbocycles. The minimum Gasteiger partial charge on any atom is -0.444 e. The number of carbonyl (C=O) groups excluding carboxylic acids is 3. The summed E-state index contributed by atoms with van der Waals surface area (Å²) in [5.41, 5.74) is 1.93. The molecule has 0 saturated heterocycles. The molecule has 0 aliphatic heterocycles. The number of ketones is 1. The third kappa shape index (κ3) is 5.12. The van der Waals surface area contributed by atoms with Crippen LogP contribution in [0.2, 0.25) is 0 Å². The first kappa shape index (κ1) is 22.1. The molecule has 0 fully saturated rings. The Balaban J connectivity index is 1.80. The van der Waals surface area contributed by atoms with Gasteiger partial charge in [-0.3, -0.25) is 9.36 Å². The Hall–Kier alpha value is -3.61. The summed E-state index contributed by atoms with van der Waals surface area (Å²) in [6, 6.07) is 14.1. The predicted octanol–water partition coefficient (Wildman–Crippen LogP) is 4.43. The molecule has 0 aliphatic rings. The van der Waals surface area contributed by atoms with Crippen LogP contribution in [0.15, 0.2) is 54.7 Å². The van der Waals surface area contributed by atoms with Gasteiger partial charge in [0.2, 0.25) is 0 Å². The first-order chi connectivity index (χ1) is 14.6. The smallest absolute Gasteiger partial charge is 0.407 e. The first-order valence-corrected chi connectivity index (χ1v) is 9.99. The molecule has 2 aromatic carbocycles. The fourth-order valence-electron chi connectivity index (χ4n) is 3.15. The second-order valence-corrected chi connectivity index (χ2v) is 8.49. The van der Waals surface area contributed by atoms with Crippen LogP contribution in [-0.4, -0.2) is 47.1 Å². The highest BCUT2D eigenvalue weighted by molar-refractivity contribution is 6.17. The standard InChI is InChI=1S/C24H27N3O4/c1-24(2,3)31-22(29)25-14-16-10-12-17(13-11-16)21(28)19-15-27(23(30)26(4)5)20-9-7-6-8-18(19)20/h6-13,15H,14H2,1-5H3,(H,25,29). The number of rotatable bonds is 4. The van der Waals surface area contributed by atoms with E-state index in [0.717, 1.165) is 10.9 Å². The van der Waals surface area contributed by atoms with Crippen LogP contribution in [0.5, 0.6) is 0 Å². The third-order valence-electron chi connectivity index (χ3n) is 4.60. The van der Waals surface area contributed by atoms with Crippen molar-refractivity contribution in [1.29, 1.82) is 0 Å². The van der Waals surface area contributed by atoms with Crippen molar-refractivity contribution in [1.82, 2.24) is 14.8 Å². The summed E-state index contributed by atoms with van der Waals surface area (Å²) in [6.07, 6.45) is 1.10. The Bertz CT molecular complexity index is 1120. The minimum atomic E-state index is -0.562. The van der Waals surface area contributed by atoms with E-state index in [1.54, 1.807) is 65.3 Å². The number of aromatic nitrogens is 1. The van der Waals surface area contributed by atoms with Crippen LogP contribution in [0.25, 0.3) is 10.9 Å². The molecule has 0 spiro atoms. The quantitative estimate of drug-likeness (QED) is 0.632. The number of para-hydroxylation sites is 1. The summed E-state index contributed by atoms with van der Waals surface area (Å²) < 4.78 is 6.71. The van der Waals surface area contributed by atoms with Gasteiger partial charge in [-0.15, -0.1) is 0 Å². The van der Waals surface area contributed by atoms with Crippen LogP contribution in [0.4, 0.5) is 9.59 Å². The highest BCUT2D eigenvalue weighted by Crippen LogP contribution is 2.24.